The minimum atomic E-state index is -0.304. The number of aliphatic imine (C=N–C) groups is 1. The molecule has 3 rings (SSSR count). The Morgan fingerprint density at radius 1 is 1.03 bits per heavy atom. The van der Waals surface area contributed by atoms with E-state index >= 15 is 0 Å². The topological polar surface area (TPSA) is 59.9 Å². The summed E-state index contributed by atoms with van der Waals surface area (Å²) in [5, 5.41) is 3.39. The number of hydrogen-bond donors (Lipinski definition) is 1. The van der Waals surface area contributed by atoms with Crippen LogP contribution in [0.4, 0.5) is 11.4 Å². The molecule has 6 heteroatoms. The maximum Gasteiger partial charge on any atom is 0.255 e. The number of benzene rings is 3. The molecule has 0 aliphatic rings. The summed E-state index contributed by atoms with van der Waals surface area (Å²) in [5.74, 6) is 0.752. The number of methoxy groups -OCH3 is 2. The third-order valence-electron chi connectivity index (χ3n) is 4.66. The molecular weight excluding hydrogens is 412 g/mol. The van der Waals surface area contributed by atoms with E-state index in [2.05, 4.69) is 11.9 Å². The SMILES string of the molecule is C=CC(=Nc1ccccc1C)c1cc(NC(=O)c2cc(OC)cc(OC)c2)ccc1Cl. The Hall–Kier alpha value is -3.57. The molecule has 0 saturated carbocycles. The van der Waals surface area contributed by atoms with Gasteiger partial charge in [0.2, 0.25) is 0 Å². The highest BCUT2D eigenvalue weighted by Gasteiger charge is 2.13. The van der Waals surface area contributed by atoms with Crippen molar-refractivity contribution in [3.05, 3.63) is 95.0 Å². The molecule has 5 nitrogen and oxygen atoms in total. The van der Waals surface area contributed by atoms with Gasteiger partial charge in [0.1, 0.15) is 11.5 Å². The van der Waals surface area contributed by atoms with Gasteiger partial charge in [0.05, 0.1) is 30.6 Å². The molecule has 0 bridgehead atoms. The van der Waals surface area contributed by atoms with E-state index in [0.29, 0.717) is 39.0 Å². The molecule has 3 aromatic rings. The van der Waals surface area contributed by atoms with Gasteiger partial charge < -0.3 is 14.8 Å². The average Bonchev–Trinajstić information content (AvgIpc) is 2.79. The fourth-order valence-corrected chi connectivity index (χ4v) is 3.19. The number of rotatable bonds is 7. The van der Waals surface area contributed by atoms with Gasteiger partial charge in [-0.3, -0.25) is 4.79 Å². The minimum Gasteiger partial charge on any atom is -0.497 e. The summed E-state index contributed by atoms with van der Waals surface area (Å²) in [5.41, 5.74) is 4.12. The average molecular weight is 435 g/mol. The van der Waals surface area contributed by atoms with Crippen molar-refractivity contribution >= 4 is 34.6 Å². The van der Waals surface area contributed by atoms with Crippen molar-refractivity contribution in [2.24, 2.45) is 4.99 Å². The van der Waals surface area contributed by atoms with E-state index in [4.69, 9.17) is 26.1 Å². The first-order chi connectivity index (χ1) is 14.9. The van der Waals surface area contributed by atoms with Crippen LogP contribution in [0.25, 0.3) is 0 Å². The minimum absolute atomic E-state index is 0.304. The van der Waals surface area contributed by atoms with Crippen molar-refractivity contribution in [2.45, 2.75) is 6.92 Å². The van der Waals surface area contributed by atoms with Crippen LogP contribution in [-0.2, 0) is 0 Å². The highest BCUT2D eigenvalue weighted by Crippen LogP contribution is 2.27. The summed E-state index contributed by atoms with van der Waals surface area (Å²) in [7, 11) is 3.07. The quantitative estimate of drug-likeness (QED) is 0.449. The van der Waals surface area contributed by atoms with Crippen LogP contribution in [0.5, 0.6) is 11.5 Å². The number of para-hydroxylation sites is 1. The fraction of sp³-hybridized carbons (Fsp3) is 0.120. The van der Waals surface area contributed by atoms with E-state index < -0.39 is 0 Å². The monoisotopic (exact) mass is 434 g/mol. The molecule has 0 aliphatic carbocycles. The van der Waals surface area contributed by atoms with Crippen LogP contribution >= 0.6 is 11.6 Å². The van der Waals surface area contributed by atoms with E-state index in [0.717, 1.165) is 11.3 Å². The van der Waals surface area contributed by atoms with Gasteiger partial charge in [-0.25, -0.2) is 4.99 Å². The van der Waals surface area contributed by atoms with Crippen LogP contribution < -0.4 is 14.8 Å². The highest BCUT2D eigenvalue weighted by molar-refractivity contribution is 6.35. The number of carbonyl (C=O) groups excluding carboxylic acids is 1. The zero-order valence-corrected chi connectivity index (χ0v) is 18.4. The lowest BCUT2D eigenvalue weighted by Gasteiger charge is -2.12. The molecule has 158 valence electrons. The summed E-state index contributed by atoms with van der Waals surface area (Å²) in [6.07, 6.45) is 1.65. The number of hydrogen-bond acceptors (Lipinski definition) is 4. The van der Waals surface area contributed by atoms with Gasteiger partial charge in [0.25, 0.3) is 5.91 Å². The highest BCUT2D eigenvalue weighted by atomic mass is 35.5. The van der Waals surface area contributed by atoms with Gasteiger partial charge in [0.15, 0.2) is 0 Å². The predicted molar refractivity (Wildman–Crippen MR) is 127 cm³/mol. The zero-order valence-electron chi connectivity index (χ0n) is 17.6. The number of ether oxygens (including phenoxy) is 2. The molecule has 0 fully saturated rings. The molecule has 1 amide bonds. The molecule has 0 spiro atoms. The van der Waals surface area contributed by atoms with Gasteiger partial charge in [0, 0.05) is 22.9 Å². The Morgan fingerprint density at radius 2 is 1.71 bits per heavy atom. The van der Waals surface area contributed by atoms with Crippen LogP contribution in [0.1, 0.15) is 21.5 Å². The molecular formula is C25H23ClN2O3. The third-order valence-corrected chi connectivity index (χ3v) is 4.99. The Kier molecular flexibility index (Phi) is 7.11. The maximum absolute atomic E-state index is 12.8. The lowest BCUT2D eigenvalue weighted by atomic mass is 10.1. The molecule has 31 heavy (non-hydrogen) atoms. The second-order valence-corrected chi connectivity index (χ2v) is 7.14. The summed E-state index contributed by atoms with van der Waals surface area (Å²) >= 11 is 6.43. The number of nitrogens with zero attached hydrogens (tertiary/aromatic N) is 1. The molecule has 0 atom stereocenters. The van der Waals surface area contributed by atoms with Crippen molar-refractivity contribution in [1.82, 2.24) is 0 Å². The number of aryl methyl sites for hydroxylation is 1. The molecule has 0 saturated heterocycles. The van der Waals surface area contributed by atoms with Gasteiger partial charge in [-0.1, -0.05) is 36.4 Å². The summed E-state index contributed by atoms with van der Waals surface area (Å²) < 4.78 is 10.5. The molecule has 0 aromatic heterocycles. The molecule has 1 N–H and O–H groups in total. The van der Waals surface area contributed by atoms with E-state index in [-0.39, 0.29) is 5.91 Å². The molecule has 0 aliphatic heterocycles. The van der Waals surface area contributed by atoms with Crippen molar-refractivity contribution in [3.63, 3.8) is 0 Å². The van der Waals surface area contributed by atoms with E-state index in [1.54, 1.807) is 42.5 Å². The molecule has 0 unspecified atom stereocenters. The van der Waals surface area contributed by atoms with Crippen LogP contribution in [0.15, 0.2) is 78.3 Å². The second kappa shape index (κ2) is 9.96. The Labute approximate surface area is 187 Å². The summed E-state index contributed by atoms with van der Waals surface area (Å²) in [6.45, 7) is 5.86. The van der Waals surface area contributed by atoms with Gasteiger partial charge >= 0.3 is 0 Å². The first kappa shape index (κ1) is 22.1. The lowest BCUT2D eigenvalue weighted by Crippen LogP contribution is -2.13. The fourth-order valence-electron chi connectivity index (χ4n) is 2.98. The molecule has 0 heterocycles. The maximum atomic E-state index is 12.8. The third kappa shape index (κ3) is 5.32. The number of amides is 1. The molecule has 3 aromatic carbocycles. The standard InChI is InChI=1S/C25H23ClN2O3/c1-5-23(28-24-9-7-6-8-16(24)2)21-14-18(10-11-22(21)26)27-25(29)17-12-19(30-3)15-20(13-17)31-4/h5-15H,1H2,2-4H3,(H,27,29). The number of allylic oxidation sites excluding steroid dienone is 1. The van der Waals surface area contributed by atoms with Crippen LogP contribution in [0, 0.1) is 6.92 Å². The van der Waals surface area contributed by atoms with E-state index in [9.17, 15) is 4.79 Å². The van der Waals surface area contributed by atoms with E-state index in [1.165, 1.54) is 14.2 Å². The normalized spacial score (nSPS) is 11.0. The largest absolute Gasteiger partial charge is 0.497 e. The second-order valence-electron chi connectivity index (χ2n) is 6.74. The van der Waals surface area contributed by atoms with Crippen molar-refractivity contribution in [2.75, 3.05) is 19.5 Å². The van der Waals surface area contributed by atoms with Gasteiger partial charge in [-0.15, -0.1) is 0 Å². The van der Waals surface area contributed by atoms with Crippen LogP contribution in [-0.4, -0.2) is 25.8 Å². The zero-order chi connectivity index (χ0) is 22.4. The smallest absolute Gasteiger partial charge is 0.255 e. The predicted octanol–water partition coefficient (Wildman–Crippen LogP) is 6.22. The van der Waals surface area contributed by atoms with Gasteiger partial charge in [-0.2, -0.15) is 0 Å². The van der Waals surface area contributed by atoms with Gasteiger partial charge in [-0.05, 0) is 55.0 Å². The number of anilines is 1. The first-order valence-corrected chi connectivity index (χ1v) is 9.94. The lowest BCUT2D eigenvalue weighted by molar-refractivity contribution is 0.102. The summed E-state index contributed by atoms with van der Waals surface area (Å²) in [6, 6.07) is 18.0. The van der Waals surface area contributed by atoms with Crippen molar-refractivity contribution in [3.8, 4) is 11.5 Å². The number of halogens is 1. The Balaban J connectivity index is 1.93. The Bertz CT molecular complexity index is 1130. The van der Waals surface area contributed by atoms with Crippen LogP contribution in [0.2, 0.25) is 5.02 Å². The summed E-state index contributed by atoms with van der Waals surface area (Å²) in [4.78, 5) is 17.5. The number of carbonyl (C=O) groups is 1. The number of nitrogens with one attached hydrogen (secondary N) is 1. The van der Waals surface area contributed by atoms with Crippen LogP contribution in [0.3, 0.4) is 0 Å². The van der Waals surface area contributed by atoms with E-state index in [1.807, 2.05) is 31.2 Å². The van der Waals surface area contributed by atoms with Crippen molar-refractivity contribution in [1.29, 1.82) is 0 Å². The Morgan fingerprint density at radius 3 is 2.32 bits per heavy atom. The first-order valence-electron chi connectivity index (χ1n) is 9.56. The van der Waals surface area contributed by atoms with Crippen molar-refractivity contribution < 1.29 is 14.3 Å². The molecule has 0 radical (unpaired) electrons.